The Kier molecular flexibility index (Phi) is 2.91. The number of fused-ring (bicyclic) bond motifs is 1. The van der Waals surface area contributed by atoms with Gasteiger partial charge in [-0.3, -0.25) is 0 Å². The van der Waals surface area contributed by atoms with E-state index in [2.05, 4.69) is 20.8 Å². The van der Waals surface area contributed by atoms with Crippen molar-refractivity contribution >= 4 is 16.9 Å². The average molecular weight is 307 g/mol. The van der Waals surface area contributed by atoms with Crippen LogP contribution in [0.5, 0.6) is 0 Å². The van der Waals surface area contributed by atoms with E-state index in [1.807, 2.05) is 24.4 Å². The minimum Gasteiger partial charge on any atom is -0.476 e. The Morgan fingerprint density at radius 1 is 1.39 bits per heavy atom. The highest BCUT2D eigenvalue weighted by Gasteiger charge is 2.22. The Hall–Kier alpha value is -3.14. The molecular weight excluding hydrogens is 294 g/mol. The first-order valence-corrected chi connectivity index (χ1v) is 7.38. The zero-order valence-electron chi connectivity index (χ0n) is 12.2. The Morgan fingerprint density at radius 3 is 2.83 bits per heavy atom. The molecule has 0 saturated heterocycles. The molecule has 0 amide bonds. The highest BCUT2D eigenvalue weighted by atomic mass is 16.4. The van der Waals surface area contributed by atoms with E-state index in [1.54, 1.807) is 0 Å². The second-order valence-electron chi connectivity index (χ2n) is 5.67. The van der Waals surface area contributed by atoms with Gasteiger partial charge in [0.15, 0.2) is 5.69 Å². The molecule has 1 aromatic carbocycles. The lowest BCUT2D eigenvalue weighted by atomic mass is 9.93. The minimum absolute atomic E-state index is 0.113. The fraction of sp³-hybridized carbons (Fsp3) is 0.250. The van der Waals surface area contributed by atoms with E-state index >= 15 is 0 Å². The predicted octanol–water partition coefficient (Wildman–Crippen LogP) is 2.52. The standard InChI is InChI=1S/C16H13N5O2/c17-7-10-9-20(11-2-1-3-11)15-5-4-12(6-13(10)15)21-18-8-14(19-21)16(22)23/h4-6,8-9,11H,1-3H2,(H,22,23). The first kappa shape index (κ1) is 13.5. The summed E-state index contributed by atoms with van der Waals surface area (Å²) in [6.07, 6.45) is 6.60. The summed E-state index contributed by atoms with van der Waals surface area (Å²) in [5.41, 5.74) is 2.14. The Balaban J connectivity index is 1.83. The third kappa shape index (κ3) is 2.07. The molecule has 3 aromatic rings. The van der Waals surface area contributed by atoms with Gasteiger partial charge in [0.05, 0.1) is 17.4 Å². The lowest BCUT2D eigenvalue weighted by Gasteiger charge is -2.27. The molecule has 0 unspecified atom stereocenters. The molecule has 0 atom stereocenters. The van der Waals surface area contributed by atoms with Crippen LogP contribution in [0.25, 0.3) is 16.6 Å². The van der Waals surface area contributed by atoms with Crippen LogP contribution in [0.15, 0.2) is 30.6 Å². The maximum atomic E-state index is 10.9. The molecule has 1 fully saturated rings. The average Bonchev–Trinajstić information content (AvgIpc) is 3.10. The van der Waals surface area contributed by atoms with Crippen molar-refractivity contribution in [1.29, 1.82) is 5.26 Å². The van der Waals surface area contributed by atoms with Crippen LogP contribution in [-0.4, -0.2) is 30.6 Å². The molecule has 1 N–H and O–H groups in total. The molecule has 1 aliphatic carbocycles. The Morgan fingerprint density at radius 2 is 2.22 bits per heavy atom. The monoisotopic (exact) mass is 307 g/mol. The molecule has 0 aliphatic heterocycles. The van der Waals surface area contributed by atoms with Gasteiger partial charge in [0.25, 0.3) is 0 Å². The molecule has 1 saturated carbocycles. The molecule has 0 radical (unpaired) electrons. The van der Waals surface area contributed by atoms with Gasteiger partial charge in [-0.15, -0.1) is 5.10 Å². The van der Waals surface area contributed by atoms with Crippen molar-refractivity contribution < 1.29 is 9.90 Å². The van der Waals surface area contributed by atoms with Crippen molar-refractivity contribution in [2.75, 3.05) is 0 Å². The van der Waals surface area contributed by atoms with E-state index in [0.29, 0.717) is 17.3 Å². The molecule has 1 aliphatic rings. The lowest BCUT2D eigenvalue weighted by Crippen LogP contribution is -2.15. The second kappa shape index (κ2) is 4.95. The third-order valence-electron chi connectivity index (χ3n) is 4.35. The molecule has 0 spiro atoms. The summed E-state index contributed by atoms with van der Waals surface area (Å²) in [7, 11) is 0. The summed E-state index contributed by atoms with van der Waals surface area (Å²) < 4.78 is 2.17. The van der Waals surface area contributed by atoms with Crippen molar-refractivity contribution in [2.45, 2.75) is 25.3 Å². The smallest absolute Gasteiger partial charge is 0.358 e. The quantitative estimate of drug-likeness (QED) is 0.802. The van der Waals surface area contributed by atoms with Crippen molar-refractivity contribution in [3.05, 3.63) is 41.9 Å². The number of aromatic carboxylic acids is 1. The van der Waals surface area contributed by atoms with Crippen LogP contribution in [0, 0.1) is 11.3 Å². The van der Waals surface area contributed by atoms with Gasteiger partial charge in [0, 0.05) is 23.1 Å². The molecule has 7 nitrogen and oxygen atoms in total. The van der Waals surface area contributed by atoms with Gasteiger partial charge in [0.1, 0.15) is 6.07 Å². The van der Waals surface area contributed by atoms with E-state index in [1.165, 1.54) is 17.4 Å². The highest BCUT2D eigenvalue weighted by molar-refractivity contribution is 5.88. The van der Waals surface area contributed by atoms with E-state index in [4.69, 9.17) is 5.11 Å². The minimum atomic E-state index is -1.12. The van der Waals surface area contributed by atoms with Crippen molar-refractivity contribution in [3.63, 3.8) is 0 Å². The highest BCUT2D eigenvalue weighted by Crippen LogP contribution is 2.36. The first-order chi connectivity index (χ1) is 11.2. The molecule has 2 aromatic heterocycles. The summed E-state index contributed by atoms with van der Waals surface area (Å²) in [4.78, 5) is 12.2. The van der Waals surface area contributed by atoms with E-state index in [-0.39, 0.29) is 5.69 Å². The van der Waals surface area contributed by atoms with E-state index in [9.17, 15) is 10.1 Å². The molecule has 7 heteroatoms. The van der Waals surface area contributed by atoms with Gasteiger partial charge in [-0.2, -0.15) is 15.2 Å². The summed E-state index contributed by atoms with van der Waals surface area (Å²) >= 11 is 0. The fourth-order valence-electron chi connectivity index (χ4n) is 2.91. The molecule has 2 heterocycles. The van der Waals surface area contributed by atoms with Crippen LogP contribution in [0.1, 0.15) is 41.4 Å². The van der Waals surface area contributed by atoms with Gasteiger partial charge in [-0.05, 0) is 37.5 Å². The maximum absolute atomic E-state index is 10.9. The predicted molar refractivity (Wildman–Crippen MR) is 81.4 cm³/mol. The van der Waals surface area contributed by atoms with Gasteiger partial charge >= 0.3 is 5.97 Å². The Labute approximate surface area is 131 Å². The van der Waals surface area contributed by atoms with Crippen molar-refractivity contribution in [2.24, 2.45) is 0 Å². The van der Waals surface area contributed by atoms with Gasteiger partial charge in [0.2, 0.25) is 0 Å². The number of benzene rings is 1. The van der Waals surface area contributed by atoms with Crippen LogP contribution in [0.4, 0.5) is 0 Å². The topological polar surface area (TPSA) is 96.7 Å². The summed E-state index contributed by atoms with van der Waals surface area (Å²) in [6, 6.07) is 8.30. The summed E-state index contributed by atoms with van der Waals surface area (Å²) in [5, 5.41) is 27.1. The molecular formula is C16H13N5O2. The molecule has 23 heavy (non-hydrogen) atoms. The largest absolute Gasteiger partial charge is 0.476 e. The summed E-state index contributed by atoms with van der Waals surface area (Å²) in [5.74, 6) is -1.12. The maximum Gasteiger partial charge on any atom is 0.358 e. The fourth-order valence-corrected chi connectivity index (χ4v) is 2.91. The number of carboxylic acids is 1. The normalized spacial score (nSPS) is 14.6. The van der Waals surface area contributed by atoms with Crippen LogP contribution < -0.4 is 0 Å². The van der Waals surface area contributed by atoms with Crippen molar-refractivity contribution in [1.82, 2.24) is 19.6 Å². The van der Waals surface area contributed by atoms with Gasteiger partial charge < -0.3 is 9.67 Å². The Bertz CT molecular complexity index is 959. The SMILES string of the molecule is N#Cc1cn(C2CCC2)c2ccc(-n3ncc(C(=O)O)n3)cc12. The number of aromatic nitrogens is 4. The van der Waals surface area contributed by atoms with E-state index < -0.39 is 5.97 Å². The first-order valence-electron chi connectivity index (χ1n) is 7.38. The molecule has 0 bridgehead atoms. The molecule has 114 valence electrons. The van der Waals surface area contributed by atoms with Gasteiger partial charge in [-0.25, -0.2) is 4.79 Å². The number of hydrogen-bond acceptors (Lipinski definition) is 4. The lowest BCUT2D eigenvalue weighted by molar-refractivity contribution is 0.0690. The number of carboxylic acid groups (broad SMARTS) is 1. The zero-order chi connectivity index (χ0) is 16.0. The number of nitriles is 1. The van der Waals surface area contributed by atoms with Crippen LogP contribution >= 0.6 is 0 Å². The number of rotatable bonds is 3. The van der Waals surface area contributed by atoms with Crippen LogP contribution in [0.2, 0.25) is 0 Å². The van der Waals surface area contributed by atoms with Crippen LogP contribution in [-0.2, 0) is 0 Å². The number of carbonyl (C=O) groups is 1. The van der Waals surface area contributed by atoms with Crippen molar-refractivity contribution in [3.8, 4) is 11.8 Å². The second-order valence-corrected chi connectivity index (χ2v) is 5.67. The van der Waals surface area contributed by atoms with E-state index in [0.717, 1.165) is 23.7 Å². The van der Waals surface area contributed by atoms with Gasteiger partial charge in [-0.1, -0.05) is 0 Å². The number of nitrogens with zero attached hydrogens (tertiary/aromatic N) is 5. The third-order valence-corrected chi connectivity index (χ3v) is 4.35. The zero-order valence-corrected chi connectivity index (χ0v) is 12.2. The van der Waals surface area contributed by atoms with Crippen LogP contribution in [0.3, 0.4) is 0 Å². The summed E-state index contributed by atoms with van der Waals surface area (Å²) in [6.45, 7) is 0. The molecule has 4 rings (SSSR count). The number of hydrogen-bond donors (Lipinski definition) is 1.